The van der Waals surface area contributed by atoms with Crippen LogP contribution in [0.1, 0.15) is 19.8 Å². The van der Waals surface area contributed by atoms with Gasteiger partial charge in [0, 0.05) is 16.7 Å². The van der Waals surface area contributed by atoms with Crippen molar-refractivity contribution in [3.05, 3.63) is 27.8 Å². The first-order valence-corrected chi connectivity index (χ1v) is 10.2. The molecule has 0 saturated carbocycles. The lowest BCUT2D eigenvalue weighted by atomic mass is 10.0. The Hall–Kier alpha value is -0.830. The molecule has 1 amide bonds. The lowest BCUT2D eigenvalue weighted by Crippen LogP contribution is -2.46. The molecule has 2 rings (SSSR count). The molecule has 0 aliphatic carbocycles. The van der Waals surface area contributed by atoms with E-state index in [9.17, 15) is 13.2 Å². The van der Waals surface area contributed by atoms with E-state index in [1.165, 1.54) is 4.31 Å². The first kappa shape index (κ1) is 17.5. The normalized spacial score (nSPS) is 19.0. The lowest BCUT2D eigenvalue weighted by Gasteiger charge is -2.33. The summed E-state index contributed by atoms with van der Waals surface area (Å²) >= 11 is 2.16. The van der Waals surface area contributed by atoms with Crippen LogP contribution >= 0.6 is 22.6 Å². The van der Waals surface area contributed by atoms with Gasteiger partial charge in [0.05, 0.1) is 11.9 Å². The topological polar surface area (TPSA) is 57.7 Å². The highest BCUT2D eigenvalue weighted by Gasteiger charge is 2.26. The molecule has 1 saturated heterocycles. The predicted molar refractivity (Wildman–Crippen MR) is 96.3 cm³/mol. The van der Waals surface area contributed by atoms with Crippen LogP contribution < -0.4 is 4.31 Å². The second-order valence-electron chi connectivity index (χ2n) is 5.83. The Morgan fingerprint density at radius 1 is 1.36 bits per heavy atom. The van der Waals surface area contributed by atoms with Gasteiger partial charge in [0.2, 0.25) is 15.9 Å². The largest absolute Gasteiger partial charge is 0.341 e. The summed E-state index contributed by atoms with van der Waals surface area (Å²) in [6, 6.07) is 7.13. The number of anilines is 1. The zero-order chi connectivity index (χ0) is 16.3. The number of amides is 1. The summed E-state index contributed by atoms with van der Waals surface area (Å²) in [5.74, 6) is 0.346. The number of hydrogen-bond acceptors (Lipinski definition) is 3. The molecule has 5 nitrogen and oxygen atoms in total. The number of hydrogen-bond donors (Lipinski definition) is 0. The summed E-state index contributed by atoms with van der Waals surface area (Å²) in [6.07, 6.45) is 3.24. The molecular formula is C15H21IN2O3S. The Bertz CT molecular complexity index is 631. The van der Waals surface area contributed by atoms with Crippen molar-refractivity contribution >= 4 is 44.2 Å². The number of rotatable bonds is 4. The average Bonchev–Trinajstić information content (AvgIpc) is 2.44. The van der Waals surface area contributed by atoms with Crippen molar-refractivity contribution in [2.45, 2.75) is 19.8 Å². The second-order valence-corrected chi connectivity index (χ2v) is 8.99. The molecule has 7 heteroatoms. The first-order chi connectivity index (χ1) is 10.3. The summed E-state index contributed by atoms with van der Waals surface area (Å²) in [5.41, 5.74) is 0.529. The third kappa shape index (κ3) is 4.58. The van der Waals surface area contributed by atoms with Crippen LogP contribution in [-0.4, -0.2) is 45.1 Å². The highest BCUT2D eigenvalue weighted by molar-refractivity contribution is 14.1. The molecule has 1 unspecified atom stereocenters. The molecule has 22 heavy (non-hydrogen) atoms. The summed E-state index contributed by atoms with van der Waals surface area (Å²) < 4.78 is 26.3. The molecule has 1 atom stereocenters. The molecular weight excluding hydrogens is 415 g/mol. The molecule has 1 fully saturated rings. The van der Waals surface area contributed by atoms with Crippen molar-refractivity contribution in [3.63, 3.8) is 0 Å². The van der Waals surface area contributed by atoms with Crippen LogP contribution in [0.25, 0.3) is 0 Å². The fourth-order valence-corrected chi connectivity index (χ4v) is 3.86. The maximum Gasteiger partial charge on any atom is 0.243 e. The average molecular weight is 436 g/mol. The number of sulfonamides is 1. The van der Waals surface area contributed by atoms with Gasteiger partial charge in [0.15, 0.2) is 0 Å². The fourth-order valence-electron chi connectivity index (χ4n) is 2.65. The Morgan fingerprint density at radius 3 is 2.55 bits per heavy atom. The summed E-state index contributed by atoms with van der Waals surface area (Å²) in [7, 11) is -3.49. The summed E-state index contributed by atoms with van der Waals surface area (Å²) in [6.45, 7) is 3.41. The number of halogens is 1. The van der Waals surface area contributed by atoms with Gasteiger partial charge in [-0.05, 0) is 65.6 Å². The SMILES string of the molecule is CC1CCCN(C(=O)CN(c2ccc(I)cc2)S(C)(=O)=O)C1. The van der Waals surface area contributed by atoms with Gasteiger partial charge < -0.3 is 4.90 Å². The number of benzene rings is 1. The molecule has 1 aliphatic rings. The Labute approximate surface area is 145 Å². The van der Waals surface area contributed by atoms with E-state index in [0.29, 0.717) is 24.7 Å². The van der Waals surface area contributed by atoms with Crippen LogP contribution in [0.4, 0.5) is 5.69 Å². The van der Waals surface area contributed by atoms with E-state index < -0.39 is 10.0 Å². The molecule has 1 aromatic rings. The van der Waals surface area contributed by atoms with Gasteiger partial charge in [0.1, 0.15) is 6.54 Å². The number of piperidine rings is 1. The van der Waals surface area contributed by atoms with Gasteiger partial charge in [-0.2, -0.15) is 0 Å². The molecule has 0 bridgehead atoms. The summed E-state index contributed by atoms with van der Waals surface area (Å²) in [5, 5.41) is 0. The van der Waals surface area contributed by atoms with Crippen LogP contribution in [0.3, 0.4) is 0 Å². The van der Waals surface area contributed by atoms with Crippen molar-refractivity contribution < 1.29 is 13.2 Å². The van der Waals surface area contributed by atoms with Gasteiger partial charge in [0.25, 0.3) is 0 Å². The Balaban J connectivity index is 2.17. The maximum atomic E-state index is 12.5. The zero-order valence-electron chi connectivity index (χ0n) is 12.8. The third-order valence-electron chi connectivity index (χ3n) is 3.80. The Kier molecular flexibility index (Phi) is 5.70. The minimum absolute atomic E-state index is 0.129. The van der Waals surface area contributed by atoms with E-state index in [-0.39, 0.29) is 12.5 Å². The van der Waals surface area contributed by atoms with Crippen LogP contribution in [0.2, 0.25) is 0 Å². The molecule has 0 radical (unpaired) electrons. The minimum atomic E-state index is -3.49. The van der Waals surface area contributed by atoms with Gasteiger partial charge in [-0.15, -0.1) is 0 Å². The van der Waals surface area contributed by atoms with Crippen LogP contribution in [0.15, 0.2) is 24.3 Å². The van der Waals surface area contributed by atoms with E-state index in [0.717, 1.165) is 22.7 Å². The molecule has 122 valence electrons. The molecule has 0 N–H and O–H groups in total. The predicted octanol–water partition coefficient (Wildman–Crippen LogP) is 2.32. The van der Waals surface area contributed by atoms with E-state index in [4.69, 9.17) is 0 Å². The van der Waals surface area contributed by atoms with Crippen LogP contribution in [0, 0.1) is 9.49 Å². The van der Waals surface area contributed by atoms with Crippen LogP contribution in [-0.2, 0) is 14.8 Å². The summed E-state index contributed by atoms with van der Waals surface area (Å²) in [4.78, 5) is 14.2. The molecule has 0 spiro atoms. The number of likely N-dealkylation sites (tertiary alicyclic amines) is 1. The third-order valence-corrected chi connectivity index (χ3v) is 5.66. The fraction of sp³-hybridized carbons (Fsp3) is 0.533. The standard InChI is InChI=1S/C15H21IN2O3S/c1-12-4-3-9-17(10-12)15(19)11-18(22(2,20)21)14-7-5-13(16)6-8-14/h5-8,12H,3-4,9-11H2,1-2H3. The van der Waals surface area contributed by atoms with Gasteiger partial charge in [-0.3, -0.25) is 9.10 Å². The van der Waals surface area contributed by atoms with Gasteiger partial charge >= 0.3 is 0 Å². The Morgan fingerprint density at radius 2 is 2.00 bits per heavy atom. The van der Waals surface area contributed by atoms with E-state index in [1.807, 2.05) is 12.1 Å². The lowest BCUT2D eigenvalue weighted by molar-refractivity contribution is -0.131. The number of nitrogens with zero attached hydrogens (tertiary/aromatic N) is 2. The molecule has 1 aliphatic heterocycles. The van der Waals surface area contributed by atoms with E-state index in [1.54, 1.807) is 17.0 Å². The number of carbonyl (C=O) groups excluding carboxylic acids is 1. The first-order valence-electron chi connectivity index (χ1n) is 7.28. The van der Waals surface area contributed by atoms with Crippen molar-refractivity contribution in [2.24, 2.45) is 5.92 Å². The maximum absolute atomic E-state index is 12.5. The van der Waals surface area contributed by atoms with Crippen molar-refractivity contribution in [1.82, 2.24) is 4.90 Å². The van der Waals surface area contributed by atoms with E-state index in [2.05, 4.69) is 29.5 Å². The van der Waals surface area contributed by atoms with E-state index >= 15 is 0 Å². The minimum Gasteiger partial charge on any atom is -0.341 e. The van der Waals surface area contributed by atoms with Crippen molar-refractivity contribution in [1.29, 1.82) is 0 Å². The van der Waals surface area contributed by atoms with Gasteiger partial charge in [-0.25, -0.2) is 8.42 Å². The zero-order valence-corrected chi connectivity index (χ0v) is 15.8. The van der Waals surface area contributed by atoms with Crippen molar-refractivity contribution in [3.8, 4) is 0 Å². The molecule has 1 aromatic carbocycles. The smallest absolute Gasteiger partial charge is 0.243 e. The highest BCUT2D eigenvalue weighted by Crippen LogP contribution is 2.21. The number of carbonyl (C=O) groups is 1. The molecule has 0 aromatic heterocycles. The quantitative estimate of drug-likeness (QED) is 0.681. The van der Waals surface area contributed by atoms with Gasteiger partial charge in [-0.1, -0.05) is 6.92 Å². The monoisotopic (exact) mass is 436 g/mol. The van der Waals surface area contributed by atoms with Crippen LogP contribution in [0.5, 0.6) is 0 Å². The second kappa shape index (κ2) is 7.16. The molecule has 1 heterocycles. The van der Waals surface area contributed by atoms with Crippen molar-refractivity contribution in [2.75, 3.05) is 30.2 Å². The highest BCUT2D eigenvalue weighted by atomic mass is 127.